The molecule has 1 aliphatic rings. The molecule has 0 radical (unpaired) electrons. The number of methoxy groups -OCH3 is 2. The highest BCUT2D eigenvalue weighted by Gasteiger charge is 2.19. The maximum atomic E-state index is 5.35. The normalized spacial score (nSPS) is 11.7. The molecule has 0 amide bonds. The van der Waals surface area contributed by atoms with Gasteiger partial charge in [-0.05, 0) is 24.3 Å². The van der Waals surface area contributed by atoms with Gasteiger partial charge in [0.15, 0.2) is 0 Å². The maximum absolute atomic E-state index is 5.35. The molecule has 2 aromatic rings. The van der Waals surface area contributed by atoms with E-state index in [9.17, 15) is 0 Å². The lowest BCUT2D eigenvalue weighted by Gasteiger charge is -2.25. The average molecular weight is 242 g/mol. The van der Waals surface area contributed by atoms with E-state index < -0.39 is 0 Å². The Morgan fingerprint density at radius 1 is 0.722 bits per heavy atom. The first-order valence-corrected chi connectivity index (χ1v) is 5.71. The maximum Gasteiger partial charge on any atom is 0.144 e. The van der Waals surface area contributed by atoms with Gasteiger partial charge >= 0.3 is 0 Å². The summed E-state index contributed by atoms with van der Waals surface area (Å²) in [7, 11) is 3.33. The van der Waals surface area contributed by atoms with E-state index in [1.165, 1.54) is 0 Å². The molecule has 0 saturated carbocycles. The molecule has 92 valence electrons. The van der Waals surface area contributed by atoms with Gasteiger partial charge in [0.25, 0.3) is 0 Å². The first-order valence-electron chi connectivity index (χ1n) is 5.71. The van der Waals surface area contributed by atoms with Crippen LogP contribution in [-0.2, 0) is 0 Å². The van der Waals surface area contributed by atoms with E-state index in [1.807, 2.05) is 36.4 Å². The summed E-state index contributed by atoms with van der Waals surface area (Å²) in [6.07, 6.45) is 0. The van der Waals surface area contributed by atoms with Crippen LogP contribution in [0.3, 0.4) is 0 Å². The molecule has 2 aromatic carbocycles. The molecule has 0 spiro atoms. The van der Waals surface area contributed by atoms with Crippen LogP contribution < -0.4 is 20.1 Å². The van der Waals surface area contributed by atoms with E-state index in [0.29, 0.717) is 0 Å². The summed E-state index contributed by atoms with van der Waals surface area (Å²) in [5, 5.41) is 6.73. The third-order valence-electron chi connectivity index (χ3n) is 3.01. The van der Waals surface area contributed by atoms with E-state index >= 15 is 0 Å². The minimum Gasteiger partial charge on any atom is -0.494 e. The smallest absolute Gasteiger partial charge is 0.144 e. The van der Waals surface area contributed by atoms with Crippen LogP contribution in [0.4, 0.5) is 22.7 Å². The minimum atomic E-state index is 0.813. The second-order valence-electron chi connectivity index (χ2n) is 4.02. The fourth-order valence-corrected chi connectivity index (χ4v) is 2.14. The predicted octanol–water partition coefficient (Wildman–Crippen LogP) is 3.50. The molecule has 1 heterocycles. The highest BCUT2D eigenvalue weighted by molar-refractivity contribution is 5.95. The number of nitrogens with one attached hydrogen (secondary N) is 2. The monoisotopic (exact) mass is 242 g/mol. The quantitative estimate of drug-likeness (QED) is 0.721. The number of hydrogen-bond donors (Lipinski definition) is 2. The van der Waals surface area contributed by atoms with E-state index in [2.05, 4.69) is 10.6 Å². The fraction of sp³-hybridized carbons (Fsp3) is 0.143. The van der Waals surface area contributed by atoms with Crippen LogP contribution in [0.25, 0.3) is 0 Å². The summed E-state index contributed by atoms with van der Waals surface area (Å²) in [6.45, 7) is 0. The van der Waals surface area contributed by atoms with Crippen molar-refractivity contribution in [2.24, 2.45) is 0 Å². The van der Waals surface area contributed by atoms with Crippen molar-refractivity contribution in [3.05, 3.63) is 36.4 Å². The van der Waals surface area contributed by atoms with Gasteiger partial charge in [-0.1, -0.05) is 12.1 Å². The molecule has 4 heteroatoms. The number of ether oxygens (including phenoxy) is 2. The third kappa shape index (κ3) is 1.54. The lowest BCUT2D eigenvalue weighted by atomic mass is 10.1. The third-order valence-corrected chi connectivity index (χ3v) is 3.01. The second-order valence-corrected chi connectivity index (χ2v) is 4.02. The Balaban J connectivity index is 2.11. The first kappa shape index (κ1) is 10.8. The number of rotatable bonds is 2. The fourth-order valence-electron chi connectivity index (χ4n) is 2.14. The van der Waals surface area contributed by atoms with E-state index in [-0.39, 0.29) is 0 Å². The van der Waals surface area contributed by atoms with Gasteiger partial charge in [0.2, 0.25) is 0 Å². The largest absolute Gasteiger partial charge is 0.494 e. The lowest BCUT2D eigenvalue weighted by molar-refractivity contribution is 0.415. The Kier molecular flexibility index (Phi) is 2.48. The van der Waals surface area contributed by atoms with Crippen molar-refractivity contribution in [1.29, 1.82) is 0 Å². The van der Waals surface area contributed by atoms with Crippen LogP contribution in [0.2, 0.25) is 0 Å². The van der Waals surface area contributed by atoms with Gasteiger partial charge in [-0.25, -0.2) is 0 Å². The molecule has 0 saturated heterocycles. The molecule has 0 unspecified atom stereocenters. The van der Waals surface area contributed by atoms with Crippen molar-refractivity contribution in [3.8, 4) is 11.5 Å². The molecule has 1 aliphatic heterocycles. The number of para-hydroxylation sites is 2. The highest BCUT2D eigenvalue weighted by atomic mass is 16.5. The van der Waals surface area contributed by atoms with E-state index in [0.717, 1.165) is 34.2 Å². The van der Waals surface area contributed by atoms with Gasteiger partial charge < -0.3 is 20.1 Å². The first-order chi connectivity index (χ1) is 8.83. The van der Waals surface area contributed by atoms with Gasteiger partial charge in [0.1, 0.15) is 22.9 Å². The number of hydrogen-bond acceptors (Lipinski definition) is 4. The van der Waals surface area contributed by atoms with Crippen molar-refractivity contribution in [2.45, 2.75) is 0 Å². The summed E-state index contributed by atoms with van der Waals surface area (Å²) in [5.74, 6) is 1.63. The Bertz CT molecular complexity index is 543. The molecule has 18 heavy (non-hydrogen) atoms. The molecular weight excluding hydrogens is 228 g/mol. The predicted molar refractivity (Wildman–Crippen MR) is 72.6 cm³/mol. The van der Waals surface area contributed by atoms with Gasteiger partial charge in [0.05, 0.1) is 25.6 Å². The summed E-state index contributed by atoms with van der Waals surface area (Å²) >= 11 is 0. The number of benzene rings is 2. The average Bonchev–Trinajstić information content (AvgIpc) is 2.43. The van der Waals surface area contributed by atoms with Crippen LogP contribution in [-0.4, -0.2) is 14.2 Å². The van der Waals surface area contributed by atoms with Gasteiger partial charge in [-0.2, -0.15) is 0 Å². The standard InChI is InChI=1S/C14H14N2O2/c1-17-11-7-3-5-9-13(11)15-10-6-4-8-12(18-2)14(10)16-9/h3-8,15-16H,1-2H3. The molecule has 0 aromatic heterocycles. The van der Waals surface area contributed by atoms with Crippen LogP contribution in [0.1, 0.15) is 0 Å². The molecule has 3 rings (SSSR count). The molecule has 4 nitrogen and oxygen atoms in total. The van der Waals surface area contributed by atoms with Crippen molar-refractivity contribution >= 4 is 22.7 Å². The SMILES string of the molecule is COc1cccc2c1Nc1cccc(OC)c1N2. The molecule has 0 bridgehead atoms. The lowest BCUT2D eigenvalue weighted by Crippen LogP contribution is -2.08. The van der Waals surface area contributed by atoms with Crippen molar-refractivity contribution in [1.82, 2.24) is 0 Å². The Hall–Kier alpha value is -2.36. The molecule has 0 atom stereocenters. The van der Waals surface area contributed by atoms with Crippen LogP contribution in [0, 0.1) is 0 Å². The van der Waals surface area contributed by atoms with Crippen LogP contribution in [0.15, 0.2) is 36.4 Å². The minimum absolute atomic E-state index is 0.813. The van der Waals surface area contributed by atoms with Crippen molar-refractivity contribution in [2.75, 3.05) is 24.9 Å². The number of fused-ring (bicyclic) bond motifs is 2. The Labute approximate surface area is 106 Å². The highest BCUT2D eigenvalue weighted by Crippen LogP contribution is 2.46. The summed E-state index contributed by atoms with van der Waals surface area (Å²) in [5.41, 5.74) is 3.85. The van der Waals surface area contributed by atoms with Crippen molar-refractivity contribution < 1.29 is 9.47 Å². The molecular formula is C14H14N2O2. The van der Waals surface area contributed by atoms with E-state index in [4.69, 9.17) is 9.47 Å². The summed E-state index contributed by atoms with van der Waals surface area (Å²) in [6, 6.07) is 11.8. The van der Waals surface area contributed by atoms with E-state index in [1.54, 1.807) is 14.2 Å². The summed E-state index contributed by atoms with van der Waals surface area (Å²) < 4.78 is 10.7. The van der Waals surface area contributed by atoms with Crippen LogP contribution in [0.5, 0.6) is 11.5 Å². The Morgan fingerprint density at radius 3 is 1.56 bits per heavy atom. The van der Waals surface area contributed by atoms with Gasteiger partial charge in [-0.3, -0.25) is 0 Å². The van der Waals surface area contributed by atoms with Gasteiger partial charge in [0, 0.05) is 0 Å². The van der Waals surface area contributed by atoms with Gasteiger partial charge in [-0.15, -0.1) is 0 Å². The van der Waals surface area contributed by atoms with Crippen molar-refractivity contribution in [3.63, 3.8) is 0 Å². The molecule has 0 aliphatic carbocycles. The zero-order valence-corrected chi connectivity index (χ0v) is 10.3. The molecule has 2 N–H and O–H groups in total. The topological polar surface area (TPSA) is 42.5 Å². The Morgan fingerprint density at radius 2 is 1.17 bits per heavy atom. The summed E-state index contributed by atoms with van der Waals surface area (Å²) in [4.78, 5) is 0. The molecule has 0 fully saturated rings. The van der Waals surface area contributed by atoms with Crippen LogP contribution >= 0.6 is 0 Å². The number of anilines is 4. The zero-order chi connectivity index (χ0) is 12.5. The second kappa shape index (κ2) is 4.14. The zero-order valence-electron chi connectivity index (χ0n) is 10.3.